The van der Waals surface area contributed by atoms with Crippen molar-refractivity contribution in [3.8, 4) is 0 Å². The van der Waals surface area contributed by atoms with Crippen LogP contribution in [0.2, 0.25) is 0 Å². The summed E-state index contributed by atoms with van der Waals surface area (Å²) in [5.41, 5.74) is 0.856. The number of carbonyl (C=O) groups excluding carboxylic acids is 1. The van der Waals surface area contributed by atoms with Gasteiger partial charge in [-0.25, -0.2) is 9.37 Å². The fraction of sp³-hybridized carbons (Fsp3) is 0.389. The molecule has 0 saturated carbocycles. The van der Waals surface area contributed by atoms with E-state index in [2.05, 4.69) is 14.9 Å². The van der Waals surface area contributed by atoms with Gasteiger partial charge in [-0.05, 0) is 24.1 Å². The van der Waals surface area contributed by atoms with Gasteiger partial charge in [-0.2, -0.15) is 0 Å². The molecule has 1 aromatic carbocycles. The first kappa shape index (κ1) is 16.4. The zero-order valence-corrected chi connectivity index (χ0v) is 13.7. The number of halogens is 1. The summed E-state index contributed by atoms with van der Waals surface area (Å²) in [5, 5.41) is 0. The van der Waals surface area contributed by atoms with Crippen LogP contribution in [0.3, 0.4) is 0 Å². The second kappa shape index (κ2) is 7.38. The normalized spacial score (nSPS) is 16.1. The van der Waals surface area contributed by atoms with Crippen molar-refractivity contribution >= 4 is 11.7 Å². The average molecular weight is 328 g/mol. The van der Waals surface area contributed by atoms with Crippen LogP contribution >= 0.6 is 0 Å². The minimum absolute atomic E-state index is 0.123. The lowest BCUT2D eigenvalue weighted by molar-refractivity contribution is -0.135. The summed E-state index contributed by atoms with van der Waals surface area (Å²) in [4.78, 5) is 25.0. The number of piperazine rings is 1. The first-order valence-electron chi connectivity index (χ1n) is 8.17. The van der Waals surface area contributed by atoms with Crippen molar-refractivity contribution < 1.29 is 9.18 Å². The zero-order valence-electron chi connectivity index (χ0n) is 13.7. The lowest BCUT2D eigenvalue weighted by atomic mass is 9.99. The summed E-state index contributed by atoms with van der Waals surface area (Å²) < 4.78 is 13.3. The van der Waals surface area contributed by atoms with Crippen LogP contribution in [0.25, 0.3) is 0 Å². The number of aromatic nitrogens is 2. The molecule has 5 nitrogen and oxygen atoms in total. The van der Waals surface area contributed by atoms with Crippen molar-refractivity contribution in [2.24, 2.45) is 5.92 Å². The molecule has 1 saturated heterocycles. The van der Waals surface area contributed by atoms with Crippen molar-refractivity contribution in [2.45, 2.75) is 13.3 Å². The van der Waals surface area contributed by atoms with E-state index in [4.69, 9.17) is 0 Å². The molecule has 1 aliphatic heterocycles. The molecule has 126 valence electrons. The molecule has 0 N–H and O–H groups in total. The molecule has 1 aliphatic rings. The molecule has 3 rings (SSSR count). The highest BCUT2D eigenvalue weighted by Gasteiger charge is 2.25. The second-order valence-corrected chi connectivity index (χ2v) is 6.11. The number of nitrogens with zero attached hydrogens (tertiary/aromatic N) is 4. The molecule has 1 aromatic heterocycles. The van der Waals surface area contributed by atoms with E-state index in [0.717, 1.165) is 24.5 Å². The number of carbonyl (C=O) groups is 1. The fourth-order valence-electron chi connectivity index (χ4n) is 3.03. The van der Waals surface area contributed by atoms with Gasteiger partial charge in [-0.1, -0.05) is 19.1 Å². The van der Waals surface area contributed by atoms with Gasteiger partial charge in [-0.15, -0.1) is 0 Å². The molecular formula is C18H21FN4O. The molecule has 6 heteroatoms. The van der Waals surface area contributed by atoms with Crippen molar-refractivity contribution in [3.05, 3.63) is 54.2 Å². The molecule has 1 atom stereocenters. The van der Waals surface area contributed by atoms with E-state index in [9.17, 15) is 9.18 Å². The smallest absolute Gasteiger partial charge is 0.225 e. The quantitative estimate of drug-likeness (QED) is 0.863. The van der Waals surface area contributed by atoms with Gasteiger partial charge >= 0.3 is 0 Å². The van der Waals surface area contributed by atoms with Crippen LogP contribution in [0, 0.1) is 11.7 Å². The number of amides is 1. The summed E-state index contributed by atoms with van der Waals surface area (Å²) in [5.74, 6) is 0.551. The molecular weight excluding hydrogens is 307 g/mol. The minimum atomic E-state index is -0.260. The molecule has 0 aliphatic carbocycles. The maximum atomic E-state index is 13.3. The highest BCUT2D eigenvalue weighted by Crippen LogP contribution is 2.16. The SMILES string of the molecule is C[C@@H](Cc1cccc(F)c1)C(=O)N1CCN(c2cnccn2)CC1. The number of hydrogen-bond donors (Lipinski definition) is 0. The average Bonchev–Trinajstić information content (AvgIpc) is 2.62. The van der Waals surface area contributed by atoms with Crippen molar-refractivity contribution in [3.63, 3.8) is 0 Å². The van der Waals surface area contributed by atoms with E-state index in [1.165, 1.54) is 12.1 Å². The third kappa shape index (κ3) is 3.88. The number of rotatable bonds is 4. The number of hydrogen-bond acceptors (Lipinski definition) is 4. The first-order valence-corrected chi connectivity index (χ1v) is 8.17. The van der Waals surface area contributed by atoms with Gasteiger partial charge in [0.05, 0.1) is 6.20 Å². The standard InChI is InChI=1S/C18H21FN4O/c1-14(11-15-3-2-4-16(19)12-15)18(24)23-9-7-22(8-10-23)17-13-20-5-6-21-17/h2-6,12-14H,7-11H2,1H3/t14-/m0/s1. The topological polar surface area (TPSA) is 49.3 Å². The fourth-order valence-corrected chi connectivity index (χ4v) is 3.03. The maximum Gasteiger partial charge on any atom is 0.225 e. The van der Waals surface area contributed by atoms with E-state index in [-0.39, 0.29) is 17.6 Å². The van der Waals surface area contributed by atoms with Crippen molar-refractivity contribution in [2.75, 3.05) is 31.1 Å². The second-order valence-electron chi connectivity index (χ2n) is 6.11. The van der Waals surface area contributed by atoms with E-state index >= 15 is 0 Å². The highest BCUT2D eigenvalue weighted by molar-refractivity contribution is 5.79. The molecule has 1 amide bonds. The van der Waals surface area contributed by atoms with Gasteiger partial charge in [0, 0.05) is 44.5 Å². The van der Waals surface area contributed by atoms with E-state index < -0.39 is 0 Å². The predicted molar refractivity (Wildman–Crippen MR) is 90.1 cm³/mol. The molecule has 1 fully saturated rings. The Kier molecular flexibility index (Phi) is 5.03. The number of anilines is 1. The third-order valence-electron chi connectivity index (χ3n) is 4.32. The molecule has 24 heavy (non-hydrogen) atoms. The van der Waals surface area contributed by atoms with Crippen LogP contribution in [0.1, 0.15) is 12.5 Å². The van der Waals surface area contributed by atoms with Gasteiger partial charge in [0.25, 0.3) is 0 Å². The van der Waals surface area contributed by atoms with Crippen LogP contribution in [-0.2, 0) is 11.2 Å². The molecule has 0 spiro atoms. The third-order valence-corrected chi connectivity index (χ3v) is 4.32. The van der Waals surface area contributed by atoms with Crippen LogP contribution in [0.4, 0.5) is 10.2 Å². The Morgan fingerprint density at radius 3 is 2.71 bits per heavy atom. The minimum Gasteiger partial charge on any atom is -0.352 e. The van der Waals surface area contributed by atoms with Crippen LogP contribution in [0.15, 0.2) is 42.9 Å². The van der Waals surface area contributed by atoms with Gasteiger partial charge in [0.1, 0.15) is 11.6 Å². The molecule has 0 unspecified atom stereocenters. The molecule has 0 radical (unpaired) electrons. The highest BCUT2D eigenvalue weighted by atomic mass is 19.1. The van der Waals surface area contributed by atoms with Crippen LogP contribution in [0.5, 0.6) is 0 Å². The van der Waals surface area contributed by atoms with Crippen molar-refractivity contribution in [1.29, 1.82) is 0 Å². The Morgan fingerprint density at radius 1 is 1.25 bits per heavy atom. The Morgan fingerprint density at radius 2 is 2.04 bits per heavy atom. The van der Waals surface area contributed by atoms with E-state index in [0.29, 0.717) is 19.5 Å². The molecule has 0 bridgehead atoms. The summed E-state index contributed by atoms with van der Waals surface area (Å²) in [7, 11) is 0. The Bertz CT molecular complexity index is 686. The van der Waals surface area contributed by atoms with Gasteiger partial charge < -0.3 is 9.80 Å². The van der Waals surface area contributed by atoms with Crippen molar-refractivity contribution in [1.82, 2.24) is 14.9 Å². The zero-order chi connectivity index (χ0) is 16.9. The largest absolute Gasteiger partial charge is 0.352 e. The Labute approximate surface area is 141 Å². The Balaban J connectivity index is 1.55. The van der Waals surface area contributed by atoms with Gasteiger partial charge in [0.15, 0.2) is 0 Å². The van der Waals surface area contributed by atoms with E-state index in [1.54, 1.807) is 24.7 Å². The maximum absolute atomic E-state index is 13.3. The lowest BCUT2D eigenvalue weighted by Crippen LogP contribution is -2.50. The van der Waals surface area contributed by atoms with E-state index in [1.807, 2.05) is 17.9 Å². The summed E-state index contributed by atoms with van der Waals surface area (Å²) >= 11 is 0. The summed E-state index contributed by atoms with van der Waals surface area (Å²) in [6.07, 6.45) is 5.62. The van der Waals surface area contributed by atoms with Gasteiger partial charge in [0.2, 0.25) is 5.91 Å². The molecule has 2 aromatic rings. The van der Waals surface area contributed by atoms with Gasteiger partial charge in [-0.3, -0.25) is 9.78 Å². The first-order chi connectivity index (χ1) is 11.6. The lowest BCUT2D eigenvalue weighted by Gasteiger charge is -2.36. The summed E-state index contributed by atoms with van der Waals surface area (Å²) in [6, 6.07) is 6.46. The number of benzene rings is 1. The van der Waals surface area contributed by atoms with Crippen LogP contribution < -0.4 is 4.90 Å². The van der Waals surface area contributed by atoms with Crippen LogP contribution in [-0.4, -0.2) is 47.0 Å². The Hall–Kier alpha value is -2.50. The monoisotopic (exact) mass is 328 g/mol. The molecule has 2 heterocycles. The summed E-state index contributed by atoms with van der Waals surface area (Å²) in [6.45, 7) is 4.74. The predicted octanol–water partition coefficient (Wildman–Crippen LogP) is 2.14.